The highest BCUT2D eigenvalue weighted by Crippen LogP contribution is 2.45. The second-order valence-corrected chi connectivity index (χ2v) is 4.45. The van der Waals surface area contributed by atoms with E-state index in [0.717, 1.165) is 6.42 Å². The number of allylic oxidation sites excluding steroid dienone is 2. The summed E-state index contributed by atoms with van der Waals surface area (Å²) >= 11 is 0. The Hall–Kier alpha value is -0.590. The van der Waals surface area contributed by atoms with Gasteiger partial charge in [0.1, 0.15) is 0 Å². The van der Waals surface area contributed by atoms with E-state index in [0.29, 0.717) is 17.1 Å². The summed E-state index contributed by atoms with van der Waals surface area (Å²) in [6, 6.07) is 0. The molecule has 0 aromatic heterocycles. The molecular formula is C11H16O. The molecule has 0 radical (unpaired) electrons. The molecule has 0 amide bonds. The van der Waals surface area contributed by atoms with E-state index in [4.69, 9.17) is 0 Å². The third kappa shape index (κ3) is 1.21. The first-order valence-corrected chi connectivity index (χ1v) is 4.93. The van der Waals surface area contributed by atoms with Crippen LogP contribution < -0.4 is 0 Å². The van der Waals surface area contributed by atoms with Crippen LogP contribution in [0.2, 0.25) is 0 Å². The molecule has 1 heteroatoms. The molecule has 0 heterocycles. The van der Waals surface area contributed by atoms with Gasteiger partial charge in [0.2, 0.25) is 0 Å². The van der Waals surface area contributed by atoms with E-state index >= 15 is 0 Å². The van der Waals surface area contributed by atoms with Crippen molar-refractivity contribution in [3.63, 3.8) is 0 Å². The minimum Gasteiger partial charge on any atom is -0.295 e. The zero-order valence-corrected chi connectivity index (χ0v) is 7.68. The maximum Gasteiger partial charge on any atom is 0.155 e. The summed E-state index contributed by atoms with van der Waals surface area (Å²) in [5.41, 5.74) is 0.353. The Morgan fingerprint density at radius 1 is 1.50 bits per heavy atom. The number of rotatable bonds is 0. The van der Waals surface area contributed by atoms with Crippen molar-refractivity contribution in [2.75, 3.05) is 0 Å². The van der Waals surface area contributed by atoms with Gasteiger partial charge in [-0.15, -0.1) is 0 Å². The molecule has 0 N–H and O–H groups in total. The summed E-state index contributed by atoms with van der Waals surface area (Å²) < 4.78 is 0. The lowest BCUT2D eigenvalue weighted by atomic mass is 9.63. The first-order chi connectivity index (χ1) is 5.71. The molecule has 0 saturated heterocycles. The van der Waals surface area contributed by atoms with Crippen molar-refractivity contribution < 1.29 is 4.79 Å². The van der Waals surface area contributed by atoms with Crippen molar-refractivity contribution in [2.45, 2.75) is 39.0 Å². The van der Waals surface area contributed by atoms with Gasteiger partial charge in [0.25, 0.3) is 0 Å². The molecule has 0 spiro atoms. The fourth-order valence-corrected chi connectivity index (χ4v) is 2.58. The molecule has 0 unspecified atom stereocenters. The Balaban J connectivity index is 2.23. The lowest BCUT2D eigenvalue weighted by molar-refractivity contribution is -0.117. The van der Waals surface area contributed by atoms with Crippen molar-refractivity contribution in [3.8, 4) is 0 Å². The highest BCUT2D eigenvalue weighted by atomic mass is 16.1. The van der Waals surface area contributed by atoms with Gasteiger partial charge in [-0.2, -0.15) is 0 Å². The maximum absolute atomic E-state index is 11.2. The third-order valence-electron chi connectivity index (χ3n) is 3.55. The van der Waals surface area contributed by atoms with E-state index in [2.05, 4.69) is 13.0 Å². The van der Waals surface area contributed by atoms with Crippen LogP contribution in [0.4, 0.5) is 0 Å². The zero-order chi connectivity index (χ0) is 8.60. The molecule has 0 aromatic rings. The van der Waals surface area contributed by atoms with Crippen molar-refractivity contribution in [2.24, 2.45) is 11.3 Å². The topological polar surface area (TPSA) is 17.1 Å². The maximum atomic E-state index is 11.2. The lowest BCUT2D eigenvalue weighted by Gasteiger charge is -2.41. The van der Waals surface area contributed by atoms with E-state index in [1.807, 2.05) is 0 Å². The van der Waals surface area contributed by atoms with E-state index in [1.165, 1.54) is 25.7 Å². The average Bonchev–Trinajstić information content (AvgIpc) is 2.06. The van der Waals surface area contributed by atoms with Gasteiger partial charge >= 0.3 is 0 Å². The Kier molecular flexibility index (Phi) is 1.82. The van der Waals surface area contributed by atoms with Crippen molar-refractivity contribution in [3.05, 3.63) is 12.2 Å². The predicted octanol–water partition coefficient (Wildman–Crippen LogP) is 2.71. The molecule has 1 fully saturated rings. The quantitative estimate of drug-likeness (QED) is 0.538. The van der Waals surface area contributed by atoms with Gasteiger partial charge in [-0.1, -0.05) is 25.8 Å². The van der Waals surface area contributed by atoms with Crippen LogP contribution in [-0.2, 0) is 4.79 Å². The number of fused-ring (bicyclic) bond motifs is 1. The highest BCUT2D eigenvalue weighted by Gasteiger charge is 2.37. The van der Waals surface area contributed by atoms with Crippen LogP contribution in [0.1, 0.15) is 39.0 Å². The molecule has 0 aliphatic heterocycles. The predicted molar refractivity (Wildman–Crippen MR) is 48.8 cm³/mol. The largest absolute Gasteiger partial charge is 0.295 e. The first-order valence-electron chi connectivity index (χ1n) is 4.93. The summed E-state index contributed by atoms with van der Waals surface area (Å²) in [6.45, 7) is 2.31. The van der Waals surface area contributed by atoms with Crippen molar-refractivity contribution in [1.29, 1.82) is 0 Å². The number of hydrogen-bond donors (Lipinski definition) is 0. The number of carbonyl (C=O) groups excluding carboxylic acids is 1. The molecule has 12 heavy (non-hydrogen) atoms. The van der Waals surface area contributed by atoms with Gasteiger partial charge in [0.05, 0.1) is 0 Å². The number of carbonyl (C=O) groups is 1. The molecule has 2 aliphatic carbocycles. The molecule has 2 aliphatic rings. The third-order valence-corrected chi connectivity index (χ3v) is 3.55. The molecular weight excluding hydrogens is 148 g/mol. The SMILES string of the molecule is C[C@]12C=CC(=O)C[C@@H]1CCCC2. The molecule has 2 atom stereocenters. The van der Waals surface area contributed by atoms with Crippen LogP contribution >= 0.6 is 0 Å². The van der Waals surface area contributed by atoms with E-state index in [-0.39, 0.29) is 0 Å². The normalized spacial score (nSPS) is 41.1. The summed E-state index contributed by atoms with van der Waals surface area (Å²) in [5.74, 6) is 0.975. The summed E-state index contributed by atoms with van der Waals surface area (Å²) in [4.78, 5) is 11.2. The second kappa shape index (κ2) is 2.72. The van der Waals surface area contributed by atoms with Crippen LogP contribution in [0.5, 0.6) is 0 Å². The second-order valence-electron chi connectivity index (χ2n) is 4.45. The summed E-state index contributed by atoms with van der Waals surface area (Å²) in [7, 11) is 0. The zero-order valence-electron chi connectivity index (χ0n) is 7.68. The van der Waals surface area contributed by atoms with E-state index < -0.39 is 0 Å². The number of ketones is 1. The lowest BCUT2D eigenvalue weighted by Crippen LogP contribution is -2.33. The summed E-state index contributed by atoms with van der Waals surface area (Å²) in [5, 5.41) is 0. The van der Waals surface area contributed by atoms with Crippen LogP contribution in [0, 0.1) is 11.3 Å². The average molecular weight is 164 g/mol. The van der Waals surface area contributed by atoms with Gasteiger partial charge in [0, 0.05) is 6.42 Å². The van der Waals surface area contributed by atoms with Crippen molar-refractivity contribution >= 4 is 5.78 Å². The minimum atomic E-state index is 0.333. The van der Waals surface area contributed by atoms with Gasteiger partial charge in [-0.25, -0.2) is 0 Å². The van der Waals surface area contributed by atoms with Crippen LogP contribution in [0.15, 0.2) is 12.2 Å². The molecule has 66 valence electrons. The van der Waals surface area contributed by atoms with Gasteiger partial charge in [-0.05, 0) is 30.3 Å². The Morgan fingerprint density at radius 2 is 2.33 bits per heavy atom. The molecule has 2 rings (SSSR count). The fraction of sp³-hybridized carbons (Fsp3) is 0.727. The van der Waals surface area contributed by atoms with Gasteiger partial charge in [0.15, 0.2) is 5.78 Å². The molecule has 1 saturated carbocycles. The van der Waals surface area contributed by atoms with Crippen LogP contribution in [0.25, 0.3) is 0 Å². The molecule has 1 nitrogen and oxygen atoms in total. The Morgan fingerprint density at radius 3 is 3.17 bits per heavy atom. The molecule has 0 aromatic carbocycles. The standard InChI is InChI=1S/C11H16O/c1-11-6-3-2-4-9(11)8-10(12)5-7-11/h5,7,9H,2-4,6,8H2,1H3/t9-,11-/m0/s1. The van der Waals surface area contributed by atoms with Crippen LogP contribution in [0.3, 0.4) is 0 Å². The fourth-order valence-electron chi connectivity index (χ4n) is 2.58. The molecule has 0 bridgehead atoms. The monoisotopic (exact) mass is 164 g/mol. The van der Waals surface area contributed by atoms with E-state index in [9.17, 15) is 4.79 Å². The smallest absolute Gasteiger partial charge is 0.155 e. The highest BCUT2D eigenvalue weighted by molar-refractivity contribution is 5.90. The summed E-state index contributed by atoms with van der Waals surface area (Å²) in [6.07, 6.45) is 9.94. The Bertz CT molecular complexity index is 229. The Labute approximate surface area is 73.8 Å². The van der Waals surface area contributed by atoms with E-state index in [1.54, 1.807) is 6.08 Å². The number of hydrogen-bond acceptors (Lipinski definition) is 1. The van der Waals surface area contributed by atoms with Crippen molar-refractivity contribution in [1.82, 2.24) is 0 Å². The van der Waals surface area contributed by atoms with Crippen LogP contribution in [-0.4, -0.2) is 5.78 Å². The van der Waals surface area contributed by atoms with Gasteiger partial charge < -0.3 is 0 Å². The van der Waals surface area contributed by atoms with Gasteiger partial charge in [-0.3, -0.25) is 4.79 Å². The first kappa shape index (κ1) is 8.03. The minimum absolute atomic E-state index is 0.333.